The van der Waals surface area contributed by atoms with Crippen LogP contribution in [-0.4, -0.2) is 46.0 Å². The molecule has 2 aromatic rings. The van der Waals surface area contributed by atoms with E-state index in [4.69, 9.17) is 12.2 Å². The van der Waals surface area contributed by atoms with Gasteiger partial charge in [0.2, 0.25) is 0 Å². The standard InChI is InChI=1S/C19H28N4O2S/c1-5-13(4)20-17(24)14-8-9-15-16(12-14)21-19(26)23(18(15)25)11-10-22(6-2)7-3/h8-9,12-13H,5-7,10-11H2,1-4H3,(H,20,24)(H,21,26). The molecule has 1 aromatic heterocycles. The molecule has 2 rings (SSSR count). The van der Waals surface area contributed by atoms with Crippen LogP contribution in [0.15, 0.2) is 23.0 Å². The monoisotopic (exact) mass is 376 g/mol. The molecule has 0 aliphatic carbocycles. The fraction of sp³-hybridized carbons (Fsp3) is 0.526. The maximum Gasteiger partial charge on any atom is 0.262 e. The smallest absolute Gasteiger partial charge is 0.262 e. The van der Waals surface area contributed by atoms with Gasteiger partial charge in [0, 0.05) is 24.7 Å². The lowest BCUT2D eigenvalue weighted by atomic mass is 10.1. The highest BCUT2D eigenvalue weighted by Gasteiger charge is 2.12. The predicted molar refractivity (Wildman–Crippen MR) is 108 cm³/mol. The summed E-state index contributed by atoms with van der Waals surface area (Å²) >= 11 is 5.38. The zero-order chi connectivity index (χ0) is 19.3. The molecule has 1 heterocycles. The average molecular weight is 377 g/mol. The molecule has 142 valence electrons. The maximum atomic E-state index is 12.8. The molecule has 0 bridgehead atoms. The van der Waals surface area contributed by atoms with Crippen molar-refractivity contribution in [2.24, 2.45) is 0 Å². The van der Waals surface area contributed by atoms with Crippen LogP contribution in [0.25, 0.3) is 10.9 Å². The van der Waals surface area contributed by atoms with E-state index in [1.807, 2.05) is 13.8 Å². The Kier molecular flexibility index (Phi) is 7.11. The summed E-state index contributed by atoms with van der Waals surface area (Å²) < 4.78 is 1.98. The van der Waals surface area contributed by atoms with Crippen LogP contribution in [0, 0.1) is 4.77 Å². The van der Waals surface area contributed by atoms with Crippen LogP contribution in [-0.2, 0) is 6.54 Å². The molecule has 6 nitrogen and oxygen atoms in total. The molecule has 0 aliphatic rings. The minimum Gasteiger partial charge on any atom is -0.350 e. The van der Waals surface area contributed by atoms with Crippen molar-refractivity contribution in [1.29, 1.82) is 0 Å². The fourth-order valence-electron chi connectivity index (χ4n) is 2.79. The maximum absolute atomic E-state index is 12.8. The Hall–Kier alpha value is -1.99. The molecule has 2 N–H and O–H groups in total. The number of nitrogens with zero attached hydrogens (tertiary/aromatic N) is 2. The number of aromatic nitrogens is 2. The second-order valence-corrected chi connectivity index (χ2v) is 6.84. The summed E-state index contributed by atoms with van der Waals surface area (Å²) in [5.74, 6) is -0.147. The van der Waals surface area contributed by atoms with E-state index in [1.165, 1.54) is 0 Å². The van der Waals surface area contributed by atoms with E-state index in [9.17, 15) is 9.59 Å². The van der Waals surface area contributed by atoms with Gasteiger partial charge in [0.15, 0.2) is 4.77 Å². The Morgan fingerprint density at radius 2 is 2.00 bits per heavy atom. The van der Waals surface area contributed by atoms with Crippen molar-refractivity contribution in [1.82, 2.24) is 19.8 Å². The number of hydrogen-bond donors (Lipinski definition) is 2. The second kappa shape index (κ2) is 9.09. The van der Waals surface area contributed by atoms with Crippen LogP contribution in [0.5, 0.6) is 0 Å². The molecule has 1 aromatic carbocycles. The van der Waals surface area contributed by atoms with E-state index >= 15 is 0 Å². The summed E-state index contributed by atoms with van der Waals surface area (Å²) in [4.78, 5) is 30.4. The molecule has 7 heteroatoms. The third-order valence-corrected chi connectivity index (χ3v) is 5.09. The number of hydrogen-bond acceptors (Lipinski definition) is 4. The first kappa shape index (κ1) is 20.3. The lowest BCUT2D eigenvalue weighted by Crippen LogP contribution is -2.32. The van der Waals surface area contributed by atoms with Crippen LogP contribution < -0.4 is 10.9 Å². The fourth-order valence-corrected chi connectivity index (χ4v) is 3.07. The van der Waals surface area contributed by atoms with Crippen LogP contribution >= 0.6 is 12.2 Å². The number of fused-ring (bicyclic) bond motifs is 1. The SMILES string of the molecule is CCC(C)NC(=O)c1ccc2c(=O)n(CCN(CC)CC)c(=S)[nH]c2c1. The Balaban J connectivity index is 2.35. The van der Waals surface area contributed by atoms with Crippen molar-refractivity contribution >= 4 is 29.0 Å². The van der Waals surface area contributed by atoms with E-state index in [1.54, 1.807) is 22.8 Å². The van der Waals surface area contributed by atoms with Gasteiger partial charge in [0.25, 0.3) is 11.5 Å². The number of aromatic amines is 1. The average Bonchev–Trinajstić information content (AvgIpc) is 2.63. The molecule has 0 saturated heterocycles. The second-order valence-electron chi connectivity index (χ2n) is 6.46. The highest BCUT2D eigenvalue weighted by atomic mass is 32.1. The summed E-state index contributed by atoms with van der Waals surface area (Å²) in [6, 6.07) is 5.18. The predicted octanol–water partition coefficient (Wildman–Crippen LogP) is 2.93. The highest BCUT2D eigenvalue weighted by Crippen LogP contribution is 2.11. The van der Waals surface area contributed by atoms with Crippen molar-refractivity contribution < 1.29 is 4.79 Å². The van der Waals surface area contributed by atoms with E-state index in [2.05, 4.69) is 29.0 Å². The Bertz CT molecular complexity index is 883. The third kappa shape index (κ3) is 4.59. The lowest BCUT2D eigenvalue weighted by molar-refractivity contribution is 0.0939. The Morgan fingerprint density at radius 3 is 2.62 bits per heavy atom. The van der Waals surface area contributed by atoms with Crippen molar-refractivity contribution in [3.05, 3.63) is 38.9 Å². The summed E-state index contributed by atoms with van der Waals surface area (Å²) in [7, 11) is 0. The number of likely N-dealkylation sites (N-methyl/N-ethyl adjacent to an activating group) is 1. The summed E-state index contributed by atoms with van der Waals surface area (Å²) in [6.45, 7) is 11.4. The summed E-state index contributed by atoms with van der Waals surface area (Å²) in [5, 5.41) is 3.47. The molecular formula is C19H28N4O2S. The minimum atomic E-state index is -0.147. The van der Waals surface area contributed by atoms with Gasteiger partial charge in [-0.1, -0.05) is 20.8 Å². The minimum absolute atomic E-state index is 0.102. The van der Waals surface area contributed by atoms with E-state index < -0.39 is 0 Å². The molecule has 0 saturated carbocycles. The van der Waals surface area contributed by atoms with Gasteiger partial charge >= 0.3 is 0 Å². The van der Waals surface area contributed by atoms with Gasteiger partial charge in [-0.25, -0.2) is 0 Å². The van der Waals surface area contributed by atoms with Gasteiger partial charge < -0.3 is 15.2 Å². The number of benzene rings is 1. The topological polar surface area (TPSA) is 70.1 Å². The zero-order valence-corrected chi connectivity index (χ0v) is 16.8. The molecule has 0 aliphatic heterocycles. The van der Waals surface area contributed by atoms with Gasteiger partial charge in [0.1, 0.15) is 0 Å². The highest BCUT2D eigenvalue weighted by molar-refractivity contribution is 7.71. The number of rotatable bonds is 8. The van der Waals surface area contributed by atoms with Gasteiger partial charge in [0.05, 0.1) is 10.9 Å². The normalized spacial score (nSPS) is 12.5. The first-order valence-electron chi connectivity index (χ1n) is 9.21. The number of carbonyl (C=O) groups is 1. The first-order chi connectivity index (χ1) is 12.4. The molecular weight excluding hydrogens is 348 g/mol. The zero-order valence-electron chi connectivity index (χ0n) is 16.0. The van der Waals surface area contributed by atoms with Crippen molar-refractivity contribution in [2.45, 2.75) is 46.7 Å². The summed E-state index contributed by atoms with van der Waals surface area (Å²) in [6.07, 6.45) is 0.860. The third-order valence-electron chi connectivity index (χ3n) is 4.77. The van der Waals surface area contributed by atoms with Crippen LogP contribution in [0.3, 0.4) is 0 Å². The van der Waals surface area contributed by atoms with Gasteiger partial charge in [-0.15, -0.1) is 0 Å². The van der Waals surface area contributed by atoms with Gasteiger partial charge in [-0.05, 0) is 56.9 Å². The molecule has 1 unspecified atom stereocenters. The number of amides is 1. The van der Waals surface area contributed by atoms with Gasteiger partial charge in [-0.2, -0.15) is 0 Å². The molecule has 26 heavy (non-hydrogen) atoms. The van der Waals surface area contributed by atoms with Crippen molar-refractivity contribution in [3.8, 4) is 0 Å². The lowest BCUT2D eigenvalue weighted by Gasteiger charge is -2.18. The molecule has 0 fully saturated rings. The molecule has 1 atom stereocenters. The van der Waals surface area contributed by atoms with Gasteiger partial charge in [-0.3, -0.25) is 14.2 Å². The molecule has 0 spiro atoms. The first-order valence-corrected chi connectivity index (χ1v) is 9.62. The molecule has 1 amide bonds. The van der Waals surface area contributed by atoms with Crippen LogP contribution in [0.2, 0.25) is 0 Å². The number of carbonyl (C=O) groups excluding carboxylic acids is 1. The van der Waals surface area contributed by atoms with Crippen molar-refractivity contribution in [2.75, 3.05) is 19.6 Å². The quantitative estimate of drug-likeness (QED) is 0.695. The van der Waals surface area contributed by atoms with Crippen LogP contribution in [0.1, 0.15) is 44.5 Å². The van der Waals surface area contributed by atoms with Crippen molar-refractivity contribution in [3.63, 3.8) is 0 Å². The summed E-state index contributed by atoms with van der Waals surface area (Å²) in [5.41, 5.74) is 0.990. The molecule has 0 radical (unpaired) electrons. The van der Waals surface area contributed by atoms with Crippen LogP contribution in [0.4, 0.5) is 0 Å². The van der Waals surface area contributed by atoms with E-state index in [-0.39, 0.29) is 17.5 Å². The van der Waals surface area contributed by atoms with E-state index in [0.29, 0.717) is 27.8 Å². The Morgan fingerprint density at radius 1 is 1.31 bits per heavy atom. The van der Waals surface area contributed by atoms with E-state index in [0.717, 1.165) is 26.1 Å². The number of H-pyrrole nitrogens is 1. The largest absolute Gasteiger partial charge is 0.350 e. The number of nitrogens with one attached hydrogen (secondary N) is 2. The Labute approximate surface area is 159 Å².